The zero-order valence-corrected chi connectivity index (χ0v) is 52.6. The number of halogens is 1. The molecule has 3 saturated heterocycles. The SMILES string of the molecule is CC(=O)N1CC[C@H]2CC[C@@H](C(=O)N[C@@H](CCC(N)=O)COc3cccc(CCCc4cn([C@H](C(=O)N5C[C@H](O)C[C@H]5C(=O)N[C@@H](C)c5ccc(-c6scnc6C)cc5)C(C)(C)C)nn4)c3Cl)N2C(=O)[C@@H](NC(=O)c2cc3cc(C(=O)P(=O)(O)O)ccc3[nH]2)C1. The molecule has 0 saturated carbocycles. The third-order valence-corrected chi connectivity index (χ3v) is 18.8. The lowest BCUT2D eigenvalue weighted by atomic mass is 9.85. The fourth-order valence-electron chi connectivity index (χ4n) is 11.9. The maximum absolute atomic E-state index is 14.6. The van der Waals surface area contributed by atoms with E-state index < -0.39 is 84.5 Å². The zero-order chi connectivity index (χ0) is 64.2. The van der Waals surface area contributed by atoms with E-state index >= 15 is 0 Å². The van der Waals surface area contributed by atoms with E-state index in [-0.39, 0.29) is 92.3 Å². The number of carbonyl (C=O) groups excluding carboxylic acids is 8. The molecule has 3 fully saturated rings. The van der Waals surface area contributed by atoms with Gasteiger partial charge >= 0.3 is 7.60 Å². The Labute approximate surface area is 522 Å². The van der Waals surface area contributed by atoms with Crippen LogP contribution in [0, 0.1) is 12.3 Å². The molecule has 0 aliphatic carbocycles. The molecule has 89 heavy (non-hydrogen) atoms. The number of nitrogens with one attached hydrogen (secondary N) is 4. The quantitative estimate of drug-likeness (QED) is 0.0400. The smallest absolute Gasteiger partial charge is 0.396 e. The van der Waals surface area contributed by atoms with Crippen molar-refractivity contribution >= 4 is 88.3 Å². The van der Waals surface area contributed by atoms with Gasteiger partial charge in [0, 0.05) is 68.1 Å². The highest BCUT2D eigenvalue weighted by Gasteiger charge is 2.47. The summed E-state index contributed by atoms with van der Waals surface area (Å²) in [6.07, 6.45) is 3.38. The van der Waals surface area contributed by atoms with Crippen molar-refractivity contribution in [1.29, 1.82) is 0 Å². The second-order valence-electron chi connectivity index (χ2n) is 24.2. The lowest BCUT2D eigenvalue weighted by Gasteiger charge is -2.38. The average molecular weight is 1280 g/mol. The molecule has 3 aliphatic rings. The van der Waals surface area contributed by atoms with Crippen molar-refractivity contribution in [3.8, 4) is 16.2 Å². The number of aliphatic hydroxyl groups excluding tert-OH is 1. The van der Waals surface area contributed by atoms with Crippen molar-refractivity contribution < 1.29 is 62.6 Å². The lowest BCUT2D eigenvalue weighted by Crippen LogP contribution is -2.61. The number of nitrogens with zero attached hydrogens (tertiary/aromatic N) is 7. The van der Waals surface area contributed by atoms with Gasteiger partial charge in [0.2, 0.25) is 35.4 Å². The second kappa shape index (κ2) is 27.5. The summed E-state index contributed by atoms with van der Waals surface area (Å²) in [6, 6.07) is 12.6. The highest BCUT2D eigenvalue weighted by molar-refractivity contribution is 7.70. The normalized spacial score (nSPS) is 19.9. The molecule has 8 atom stereocenters. The number of carbonyl (C=O) groups is 8. The molecule has 9 N–H and O–H groups in total. The number of hydrogen-bond acceptors (Lipinski definition) is 15. The van der Waals surface area contributed by atoms with Crippen LogP contribution in [0.5, 0.6) is 5.75 Å². The fraction of sp³-hybridized carbons (Fsp3) is 0.459. The van der Waals surface area contributed by atoms with E-state index in [0.29, 0.717) is 54.1 Å². The number of benzene rings is 3. The number of aromatic nitrogens is 5. The minimum atomic E-state index is -5.09. The number of likely N-dealkylation sites (tertiary alicyclic amines) is 1. The number of aromatic amines is 1. The first-order chi connectivity index (χ1) is 42.1. The maximum Gasteiger partial charge on any atom is 0.396 e. The summed E-state index contributed by atoms with van der Waals surface area (Å²) in [7, 11) is -5.09. The first-order valence-corrected chi connectivity index (χ1v) is 32.3. The van der Waals surface area contributed by atoms with Gasteiger partial charge in [-0.05, 0) is 111 Å². The van der Waals surface area contributed by atoms with Crippen LogP contribution < -0.4 is 26.4 Å². The van der Waals surface area contributed by atoms with Gasteiger partial charge in [-0.1, -0.05) is 74.0 Å². The molecule has 0 spiro atoms. The average Bonchev–Trinajstić information content (AvgIpc) is 2.01. The molecule has 0 bridgehead atoms. The summed E-state index contributed by atoms with van der Waals surface area (Å²) in [4.78, 5) is 140. The Balaban J connectivity index is 0.813. The molecule has 6 aromatic rings. The number of primary amides is 1. The van der Waals surface area contributed by atoms with E-state index in [9.17, 15) is 57.8 Å². The van der Waals surface area contributed by atoms with Crippen LogP contribution in [0.2, 0.25) is 5.02 Å². The van der Waals surface area contributed by atoms with Crippen LogP contribution in [0.4, 0.5) is 0 Å². The van der Waals surface area contributed by atoms with Gasteiger partial charge in [0.15, 0.2) is 0 Å². The first kappa shape index (κ1) is 65.6. The molecule has 0 unspecified atom stereocenters. The molecule has 28 heteroatoms. The summed E-state index contributed by atoms with van der Waals surface area (Å²) in [5.74, 6) is -3.28. The van der Waals surface area contributed by atoms with Crippen molar-refractivity contribution in [3.63, 3.8) is 0 Å². The molecule has 3 aromatic carbocycles. The number of aliphatic hydroxyl groups is 1. The summed E-state index contributed by atoms with van der Waals surface area (Å²) in [5.41, 5.74) is 9.56. The predicted octanol–water partition coefficient (Wildman–Crippen LogP) is 5.30. The van der Waals surface area contributed by atoms with Crippen LogP contribution in [-0.2, 0) is 46.2 Å². The van der Waals surface area contributed by atoms with E-state index in [1.54, 1.807) is 35.2 Å². The van der Waals surface area contributed by atoms with Crippen LogP contribution >= 0.6 is 30.5 Å². The Morgan fingerprint density at radius 3 is 2.38 bits per heavy atom. The first-order valence-electron chi connectivity index (χ1n) is 29.5. The van der Waals surface area contributed by atoms with Crippen molar-refractivity contribution in [2.45, 2.75) is 148 Å². The molecule has 3 aliphatic heterocycles. The standard InChI is InChI=1S/C61H74ClN12O13PS/c1-33(36-13-15-38(16-14-36)53-34(2)64-32-89-53)65-57(80)49-27-44(76)29-72(49)59(82)54(61(4,5)6)73-28-41(69-70-73)11-7-9-37-10-8-12-50(52(37)62)87-31-42(18-22-51(63)77)66-56(79)48-21-19-43-23-24-71(35(3)75)30-47(58(81)74(43)48)68-55(78)46-26-40-25-39(17-20-45(40)67-46)60(83)88(84,85)86/h8,10,12-17,20,25-26,28,32-33,42-44,47-49,54,67,76H,7,9,11,18-19,21-24,27,29-31H2,1-6H3,(H2,63,77)(H,65,80)(H,66,79)(H,68,78)(H2,84,85,86)/t33-,42-,43+,44+,47-,48-,49-,54+/m0/s1. The molecule has 9 rings (SSSR count). The van der Waals surface area contributed by atoms with Gasteiger partial charge in [0.25, 0.3) is 11.4 Å². The van der Waals surface area contributed by atoms with Gasteiger partial charge in [0.05, 0.1) is 45.0 Å². The Morgan fingerprint density at radius 2 is 1.70 bits per heavy atom. The third kappa shape index (κ3) is 15.4. The van der Waals surface area contributed by atoms with Gasteiger partial charge in [0.1, 0.15) is 42.2 Å². The Morgan fingerprint density at radius 1 is 0.955 bits per heavy atom. The number of thiazole rings is 1. The molecule has 474 valence electrons. The van der Waals surface area contributed by atoms with E-state index in [2.05, 4.69) is 36.2 Å². The number of ether oxygens (including phenoxy) is 1. The second-order valence-corrected chi connectivity index (χ2v) is 26.9. The van der Waals surface area contributed by atoms with Crippen molar-refractivity contribution in [1.82, 2.24) is 55.6 Å². The number of fused-ring (bicyclic) bond motifs is 2. The van der Waals surface area contributed by atoms with Gasteiger partial charge in [-0.2, -0.15) is 0 Å². The zero-order valence-electron chi connectivity index (χ0n) is 50.2. The van der Waals surface area contributed by atoms with Gasteiger partial charge in [-0.25, -0.2) is 9.67 Å². The van der Waals surface area contributed by atoms with Crippen molar-refractivity contribution in [2.75, 3.05) is 26.2 Å². The minimum absolute atomic E-state index is 0.0209. The molecule has 7 amide bonds. The van der Waals surface area contributed by atoms with Crippen LogP contribution in [0.1, 0.15) is 135 Å². The highest BCUT2D eigenvalue weighted by Crippen LogP contribution is 2.40. The number of β-amino-alcohol motifs (C(OH)–C–C–N with tert-alkyl or cyclic N) is 1. The monoisotopic (exact) mass is 1280 g/mol. The Kier molecular flexibility index (Phi) is 20.2. The van der Waals surface area contributed by atoms with Crippen LogP contribution in [0.15, 0.2) is 78.4 Å². The van der Waals surface area contributed by atoms with E-state index in [1.165, 1.54) is 50.6 Å². The van der Waals surface area contributed by atoms with Gasteiger partial charge in [-0.3, -0.25) is 42.9 Å². The third-order valence-electron chi connectivity index (χ3n) is 16.6. The molecule has 3 aromatic heterocycles. The van der Waals surface area contributed by atoms with E-state index in [1.807, 2.05) is 65.0 Å². The summed E-state index contributed by atoms with van der Waals surface area (Å²) >= 11 is 8.54. The molecular formula is C61H74ClN12O13PS. The van der Waals surface area contributed by atoms with Crippen molar-refractivity contribution in [3.05, 3.63) is 117 Å². The Bertz CT molecular complexity index is 3710. The predicted molar refractivity (Wildman–Crippen MR) is 329 cm³/mol. The number of rotatable bonds is 22. The number of hydrogen-bond donors (Lipinski definition) is 8. The number of H-pyrrole nitrogens is 1. The summed E-state index contributed by atoms with van der Waals surface area (Å²) < 4.78 is 19.4. The number of aryl methyl sites for hydroxylation is 3. The van der Waals surface area contributed by atoms with Gasteiger partial charge < -0.3 is 61.0 Å². The summed E-state index contributed by atoms with van der Waals surface area (Å²) in [5, 5.41) is 29.1. The molecule has 0 radical (unpaired) electrons. The van der Waals surface area contributed by atoms with E-state index in [4.69, 9.17) is 22.1 Å². The number of nitrogens with two attached hydrogens (primary N) is 1. The van der Waals surface area contributed by atoms with Crippen LogP contribution in [-0.4, -0.2) is 164 Å². The molecular weight excluding hydrogens is 1210 g/mol. The molecule has 25 nitrogen and oxygen atoms in total. The fourth-order valence-corrected chi connectivity index (χ4v) is 13.5. The largest absolute Gasteiger partial charge is 0.490 e. The lowest BCUT2D eigenvalue weighted by molar-refractivity contribution is -0.145. The highest BCUT2D eigenvalue weighted by atomic mass is 35.5. The van der Waals surface area contributed by atoms with Crippen molar-refractivity contribution in [2.24, 2.45) is 11.1 Å². The van der Waals surface area contributed by atoms with Crippen LogP contribution in [0.3, 0.4) is 0 Å². The maximum atomic E-state index is 14.6. The number of amides is 7. The van der Waals surface area contributed by atoms with Gasteiger partial charge in [-0.15, -0.1) is 16.4 Å². The Hall–Kier alpha value is -7.87. The summed E-state index contributed by atoms with van der Waals surface area (Å²) in [6.45, 7) is 10.8. The molecule has 6 heterocycles. The topological polar surface area (TPSA) is 355 Å². The van der Waals surface area contributed by atoms with Crippen LogP contribution in [0.25, 0.3) is 21.3 Å². The van der Waals surface area contributed by atoms with E-state index in [0.717, 1.165) is 27.3 Å². The minimum Gasteiger partial charge on any atom is -0.490 e.